The Labute approximate surface area is 61.7 Å². The highest BCUT2D eigenvalue weighted by Crippen LogP contribution is 2.23. The van der Waals surface area contributed by atoms with E-state index in [0.29, 0.717) is 11.8 Å². The van der Waals surface area contributed by atoms with Gasteiger partial charge in [0, 0.05) is 5.92 Å². The molecule has 0 spiro atoms. The summed E-state index contributed by atoms with van der Waals surface area (Å²) in [7, 11) is 0. The van der Waals surface area contributed by atoms with Crippen LogP contribution in [0.4, 0.5) is 0 Å². The van der Waals surface area contributed by atoms with Crippen LogP contribution in [0.1, 0.15) is 25.7 Å². The summed E-state index contributed by atoms with van der Waals surface area (Å²) in [6, 6.07) is 0. The minimum Gasteiger partial charge on any atom is -0.387 e. The Bertz CT molecular complexity index is 97.2. The van der Waals surface area contributed by atoms with Crippen LogP contribution in [0.3, 0.4) is 0 Å². The average molecular weight is 149 g/mol. The SMILES string of the molecule is Cl.N=C(N)C1CCCC1. The first-order valence-electron chi connectivity index (χ1n) is 3.14. The molecule has 54 valence electrons. The number of hydrogen-bond donors (Lipinski definition) is 2. The van der Waals surface area contributed by atoms with Crippen molar-refractivity contribution >= 4 is 18.2 Å². The predicted molar refractivity (Wildman–Crippen MR) is 41.1 cm³/mol. The molecule has 1 fully saturated rings. The van der Waals surface area contributed by atoms with E-state index in [1.54, 1.807) is 0 Å². The van der Waals surface area contributed by atoms with Gasteiger partial charge in [0.15, 0.2) is 0 Å². The molecular weight excluding hydrogens is 136 g/mol. The molecule has 0 atom stereocenters. The van der Waals surface area contributed by atoms with Gasteiger partial charge < -0.3 is 5.73 Å². The Morgan fingerprint density at radius 2 is 1.78 bits per heavy atom. The Kier molecular flexibility index (Phi) is 3.62. The maximum absolute atomic E-state index is 7.07. The molecule has 0 saturated heterocycles. The molecule has 0 amide bonds. The molecular formula is C6H13ClN2. The lowest BCUT2D eigenvalue weighted by Gasteiger charge is -2.02. The molecule has 0 aromatic carbocycles. The van der Waals surface area contributed by atoms with Gasteiger partial charge in [-0.05, 0) is 12.8 Å². The summed E-state index contributed by atoms with van der Waals surface area (Å²) in [5.74, 6) is 0.817. The van der Waals surface area contributed by atoms with Crippen molar-refractivity contribution in [3.8, 4) is 0 Å². The van der Waals surface area contributed by atoms with Crippen molar-refractivity contribution in [2.24, 2.45) is 11.7 Å². The van der Waals surface area contributed by atoms with Gasteiger partial charge in [-0.2, -0.15) is 0 Å². The van der Waals surface area contributed by atoms with Crippen molar-refractivity contribution in [1.29, 1.82) is 5.41 Å². The molecule has 0 heterocycles. The Hall–Kier alpha value is -0.240. The maximum Gasteiger partial charge on any atom is 0.0936 e. The maximum atomic E-state index is 7.07. The standard InChI is InChI=1S/C6H12N2.ClH/c7-6(8)5-3-1-2-4-5;/h5H,1-4H2,(H3,7,8);1H. The minimum atomic E-state index is 0. The van der Waals surface area contributed by atoms with Gasteiger partial charge in [0.05, 0.1) is 5.84 Å². The molecule has 3 N–H and O–H groups in total. The van der Waals surface area contributed by atoms with E-state index in [0.717, 1.165) is 12.8 Å². The second kappa shape index (κ2) is 3.72. The number of nitrogens with two attached hydrogens (primary N) is 1. The van der Waals surface area contributed by atoms with E-state index in [1.807, 2.05) is 0 Å². The minimum absolute atomic E-state index is 0. The lowest BCUT2D eigenvalue weighted by molar-refractivity contribution is 0.717. The van der Waals surface area contributed by atoms with E-state index < -0.39 is 0 Å². The lowest BCUT2D eigenvalue weighted by atomic mass is 10.1. The summed E-state index contributed by atoms with van der Waals surface area (Å²) in [6.07, 6.45) is 4.83. The fourth-order valence-electron chi connectivity index (χ4n) is 1.24. The van der Waals surface area contributed by atoms with E-state index in [-0.39, 0.29) is 12.4 Å². The summed E-state index contributed by atoms with van der Waals surface area (Å²) in [5, 5.41) is 7.07. The summed E-state index contributed by atoms with van der Waals surface area (Å²) in [4.78, 5) is 0. The number of halogens is 1. The fraction of sp³-hybridized carbons (Fsp3) is 0.833. The van der Waals surface area contributed by atoms with Gasteiger partial charge in [0.25, 0.3) is 0 Å². The third-order valence-electron chi connectivity index (χ3n) is 1.79. The summed E-state index contributed by atoms with van der Waals surface area (Å²) < 4.78 is 0. The molecule has 0 bridgehead atoms. The van der Waals surface area contributed by atoms with Crippen molar-refractivity contribution in [2.45, 2.75) is 25.7 Å². The Balaban J connectivity index is 0.000000640. The molecule has 1 saturated carbocycles. The summed E-state index contributed by atoms with van der Waals surface area (Å²) in [5.41, 5.74) is 5.28. The summed E-state index contributed by atoms with van der Waals surface area (Å²) in [6.45, 7) is 0. The van der Waals surface area contributed by atoms with Gasteiger partial charge in [-0.15, -0.1) is 12.4 Å². The first-order valence-corrected chi connectivity index (χ1v) is 3.14. The van der Waals surface area contributed by atoms with Crippen LogP contribution in [-0.2, 0) is 0 Å². The van der Waals surface area contributed by atoms with E-state index in [9.17, 15) is 0 Å². The van der Waals surface area contributed by atoms with Crippen LogP contribution in [0.5, 0.6) is 0 Å². The molecule has 2 nitrogen and oxygen atoms in total. The fourth-order valence-corrected chi connectivity index (χ4v) is 1.24. The average Bonchev–Trinajstić information content (AvgIpc) is 2.12. The second-order valence-corrected chi connectivity index (χ2v) is 2.44. The van der Waals surface area contributed by atoms with Crippen LogP contribution >= 0.6 is 12.4 Å². The van der Waals surface area contributed by atoms with Gasteiger partial charge in [0.2, 0.25) is 0 Å². The topological polar surface area (TPSA) is 49.9 Å². The van der Waals surface area contributed by atoms with Crippen LogP contribution in [0.25, 0.3) is 0 Å². The third kappa shape index (κ3) is 2.22. The second-order valence-electron chi connectivity index (χ2n) is 2.44. The third-order valence-corrected chi connectivity index (χ3v) is 1.79. The number of nitrogens with one attached hydrogen (secondary N) is 1. The molecule has 9 heavy (non-hydrogen) atoms. The largest absolute Gasteiger partial charge is 0.387 e. The predicted octanol–water partition coefficient (Wildman–Crippen LogP) is 1.53. The van der Waals surface area contributed by atoms with Gasteiger partial charge >= 0.3 is 0 Å². The first kappa shape index (κ1) is 8.76. The molecule has 1 rings (SSSR count). The van der Waals surface area contributed by atoms with Gasteiger partial charge in [-0.3, -0.25) is 5.41 Å². The number of hydrogen-bond acceptors (Lipinski definition) is 1. The van der Waals surface area contributed by atoms with Crippen LogP contribution in [0.15, 0.2) is 0 Å². The molecule has 1 aliphatic carbocycles. The van der Waals surface area contributed by atoms with E-state index in [4.69, 9.17) is 11.1 Å². The zero-order valence-corrected chi connectivity index (χ0v) is 6.21. The molecule has 3 heteroatoms. The Morgan fingerprint density at radius 3 is 2.00 bits per heavy atom. The first-order chi connectivity index (χ1) is 3.80. The van der Waals surface area contributed by atoms with Crippen LogP contribution < -0.4 is 5.73 Å². The van der Waals surface area contributed by atoms with Crippen LogP contribution in [0.2, 0.25) is 0 Å². The summed E-state index contributed by atoms with van der Waals surface area (Å²) >= 11 is 0. The molecule has 0 radical (unpaired) electrons. The zero-order valence-electron chi connectivity index (χ0n) is 5.39. The van der Waals surface area contributed by atoms with Crippen LogP contribution in [-0.4, -0.2) is 5.84 Å². The molecule has 0 unspecified atom stereocenters. The van der Waals surface area contributed by atoms with E-state index >= 15 is 0 Å². The van der Waals surface area contributed by atoms with E-state index in [2.05, 4.69) is 0 Å². The highest BCUT2D eigenvalue weighted by Gasteiger charge is 2.16. The smallest absolute Gasteiger partial charge is 0.0936 e. The zero-order chi connectivity index (χ0) is 5.98. The van der Waals surface area contributed by atoms with Gasteiger partial charge in [-0.1, -0.05) is 12.8 Å². The normalized spacial score (nSPS) is 19.1. The van der Waals surface area contributed by atoms with Crippen molar-refractivity contribution in [1.82, 2.24) is 0 Å². The molecule has 0 aromatic rings. The number of rotatable bonds is 1. The van der Waals surface area contributed by atoms with Crippen LogP contribution in [0, 0.1) is 11.3 Å². The molecule has 0 aromatic heterocycles. The van der Waals surface area contributed by atoms with Crippen molar-refractivity contribution in [3.05, 3.63) is 0 Å². The van der Waals surface area contributed by atoms with Gasteiger partial charge in [0.1, 0.15) is 0 Å². The lowest BCUT2D eigenvalue weighted by Crippen LogP contribution is -2.19. The Morgan fingerprint density at radius 1 is 1.33 bits per heavy atom. The quantitative estimate of drug-likeness (QED) is 0.430. The highest BCUT2D eigenvalue weighted by molar-refractivity contribution is 5.85. The van der Waals surface area contributed by atoms with Crippen molar-refractivity contribution in [2.75, 3.05) is 0 Å². The molecule has 0 aliphatic heterocycles. The highest BCUT2D eigenvalue weighted by atomic mass is 35.5. The monoisotopic (exact) mass is 148 g/mol. The van der Waals surface area contributed by atoms with Crippen molar-refractivity contribution < 1.29 is 0 Å². The molecule has 1 aliphatic rings. The van der Waals surface area contributed by atoms with Gasteiger partial charge in [-0.25, -0.2) is 0 Å². The van der Waals surface area contributed by atoms with E-state index in [1.165, 1.54) is 12.8 Å². The van der Waals surface area contributed by atoms with Crippen molar-refractivity contribution in [3.63, 3.8) is 0 Å². The number of amidine groups is 1.